The van der Waals surface area contributed by atoms with E-state index in [1.54, 1.807) is 6.07 Å². The second-order valence-electron chi connectivity index (χ2n) is 7.56. The molecule has 0 saturated carbocycles. The summed E-state index contributed by atoms with van der Waals surface area (Å²) in [4.78, 5) is 27.1. The summed E-state index contributed by atoms with van der Waals surface area (Å²) < 4.78 is 31.9. The maximum atomic E-state index is 12.8. The van der Waals surface area contributed by atoms with Crippen LogP contribution < -0.4 is 14.8 Å². The number of aryl methyl sites for hydroxylation is 2. The third-order valence-electron chi connectivity index (χ3n) is 5.41. The second kappa shape index (κ2) is 10.4. The van der Waals surface area contributed by atoms with E-state index in [4.69, 9.17) is 4.74 Å². The quantitative estimate of drug-likeness (QED) is 0.580. The molecule has 1 saturated heterocycles. The Bertz CT molecular complexity index is 1190. The Morgan fingerprint density at radius 3 is 2.58 bits per heavy atom. The molecule has 0 radical (unpaired) electrons. The molecule has 10 heteroatoms. The average Bonchev–Trinajstić information content (AvgIpc) is 3.30. The maximum Gasteiger partial charge on any atom is 0.248 e. The molecule has 2 aromatic rings. The normalized spacial score (nSPS) is 16.2. The van der Waals surface area contributed by atoms with Gasteiger partial charge in [-0.25, -0.2) is 13.1 Å². The van der Waals surface area contributed by atoms with Gasteiger partial charge in [0.2, 0.25) is 21.8 Å². The Kier molecular flexibility index (Phi) is 7.83. The SMILES string of the molecule is CNS(=O)(=O)c1cc(/C=C/C(=O)N2CSCC2C(=O)Nc2ccc(C)c(C)c2)ccc1OC. The van der Waals surface area contributed by atoms with Gasteiger partial charge in [-0.1, -0.05) is 12.1 Å². The Balaban J connectivity index is 1.74. The predicted octanol–water partition coefficient (Wildman–Crippen LogP) is 2.77. The van der Waals surface area contributed by atoms with Gasteiger partial charge >= 0.3 is 0 Å². The molecule has 2 N–H and O–H groups in total. The number of benzene rings is 2. The predicted molar refractivity (Wildman–Crippen MR) is 131 cm³/mol. The minimum Gasteiger partial charge on any atom is -0.495 e. The first kappa shape index (κ1) is 24.8. The fraction of sp³-hybridized carbons (Fsp3) is 0.304. The minimum absolute atomic E-state index is 0.0236. The topological polar surface area (TPSA) is 105 Å². The molecule has 3 rings (SSSR count). The number of hydrogen-bond donors (Lipinski definition) is 2. The van der Waals surface area contributed by atoms with Crippen LogP contribution in [0.25, 0.3) is 6.08 Å². The zero-order valence-electron chi connectivity index (χ0n) is 18.9. The van der Waals surface area contributed by atoms with Crippen LogP contribution in [0.2, 0.25) is 0 Å². The van der Waals surface area contributed by atoms with Crippen LogP contribution in [-0.2, 0) is 19.6 Å². The molecule has 0 aromatic heterocycles. The van der Waals surface area contributed by atoms with E-state index in [9.17, 15) is 18.0 Å². The number of amides is 2. The maximum absolute atomic E-state index is 12.8. The van der Waals surface area contributed by atoms with Gasteiger partial charge in [0.1, 0.15) is 16.7 Å². The summed E-state index contributed by atoms with van der Waals surface area (Å²) in [7, 11) is -1.03. The van der Waals surface area contributed by atoms with Gasteiger partial charge in [-0.05, 0) is 67.9 Å². The van der Waals surface area contributed by atoms with Crippen LogP contribution in [0.4, 0.5) is 5.69 Å². The number of rotatable bonds is 7. The van der Waals surface area contributed by atoms with E-state index in [0.717, 1.165) is 11.1 Å². The Morgan fingerprint density at radius 1 is 1.15 bits per heavy atom. The number of carbonyl (C=O) groups excluding carboxylic acids is 2. The van der Waals surface area contributed by atoms with Crippen molar-refractivity contribution in [1.29, 1.82) is 0 Å². The van der Waals surface area contributed by atoms with Crippen LogP contribution >= 0.6 is 11.8 Å². The molecule has 0 bridgehead atoms. The summed E-state index contributed by atoms with van der Waals surface area (Å²) >= 11 is 1.50. The highest BCUT2D eigenvalue weighted by molar-refractivity contribution is 7.99. The first-order chi connectivity index (χ1) is 15.7. The lowest BCUT2D eigenvalue weighted by molar-refractivity contribution is -0.132. The number of carbonyl (C=O) groups is 2. The van der Waals surface area contributed by atoms with Gasteiger partial charge in [0.25, 0.3) is 0 Å². The van der Waals surface area contributed by atoms with Crippen LogP contribution in [0.3, 0.4) is 0 Å². The van der Waals surface area contributed by atoms with E-state index in [0.29, 0.717) is 22.9 Å². The van der Waals surface area contributed by atoms with E-state index in [1.807, 2.05) is 32.0 Å². The molecule has 1 aliphatic rings. The molecule has 1 heterocycles. The second-order valence-corrected chi connectivity index (χ2v) is 10.4. The van der Waals surface area contributed by atoms with Crippen LogP contribution in [-0.4, -0.2) is 57.0 Å². The van der Waals surface area contributed by atoms with Crippen molar-refractivity contribution >= 4 is 45.4 Å². The van der Waals surface area contributed by atoms with Crippen molar-refractivity contribution in [1.82, 2.24) is 9.62 Å². The van der Waals surface area contributed by atoms with Crippen molar-refractivity contribution in [2.45, 2.75) is 24.8 Å². The summed E-state index contributed by atoms with van der Waals surface area (Å²) in [5.74, 6) is 0.539. The van der Waals surface area contributed by atoms with Crippen molar-refractivity contribution in [3.63, 3.8) is 0 Å². The summed E-state index contributed by atoms with van der Waals surface area (Å²) in [6.07, 6.45) is 2.87. The van der Waals surface area contributed by atoms with Gasteiger partial charge in [-0.2, -0.15) is 0 Å². The lowest BCUT2D eigenvalue weighted by Crippen LogP contribution is -2.43. The molecule has 176 valence electrons. The Labute approximate surface area is 198 Å². The van der Waals surface area contributed by atoms with Crippen LogP contribution in [0.15, 0.2) is 47.4 Å². The van der Waals surface area contributed by atoms with Gasteiger partial charge in [-0.15, -0.1) is 11.8 Å². The van der Waals surface area contributed by atoms with Gasteiger partial charge in [0.05, 0.1) is 13.0 Å². The molecule has 1 unspecified atom stereocenters. The third kappa shape index (κ3) is 5.76. The van der Waals surface area contributed by atoms with Crippen molar-refractivity contribution in [2.24, 2.45) is 0 Å². The number of sulfonamides is 1. The first-order valence-corrected chi connectivity index (χ1v) is 12.9. The fourth-order valence-corrected chi connectivity index (χ4v) is 5.39. The van der Waals surface area contributed by atoms with Gasteiger partial charge < -0.3 is 15.0 Å². The summed E-state index contributed by atoms with van der Waals surface area (Å²) in [5.41, 5.74) is 3.42. The Morgan fingerprint density at radius 2 is 1.91 bits per heavy atom. The number of nitrogens with zero attached hydrogens (tertiary/aromatic N) is 1. The van der Waals surface area contributed by atoms with Crippen molar-refractivity contribution in [3.8, 4) is 5.75 Å². The number of ether oxygens (including phenoxy) is 1. The summed E-state index contributed by atoms with van der Waals surface area (Å²) in [6.45, 7) is 3.98. The fourth-order valence-electron chi connectivity index (χ4n) is 3.30. The number of thioether (sulfide) groups is 1. The molecule has 0 spiro atoms. The van der Waals surface area contributed by atoms with Gasteiger partial charge in [0, 0.05) is 17.5 Å². The largest absolute Gasteiger partial charge is 0.495 e. The van der Waals surface area contributed by atoms with E-state index in [2.05, 4.69) is 10.0 Å². The monoisotopic (exact) mass is 489 g/mol. The number of methoxy groups -OCH3 is 1. The highest BCUT2D eigenvalue weighted by atomic mass is 32.2. The van der Waals surface area contributed by atoms with E-state index < -0.39 is 16.1 Å². The number of hydrogen-bond acceptors (Lipinski definition) is 6. The van der Waals surface area contributed by atoms with E-state index in [1.165, 1.54) is 55.1 Å². The van der Waals surface area contributed by atoms with Crippen LogP contribution in [0, 0.1) is 13.8 Å². The van der Waals surface area contributed by atoms with Gasteiger partial charge in [0.15, 0.2) is 0 Å². The van der Waals surface area contributed by atoms with Crippen molar-refractivity contribution in [3.05, 3.63) is 59.2 Å². The molecule has 2 amide bonds. The molecule has 0 aliphatic carbocycles. The molecule has 1 fully saturated rings. The molecular weight excluding hydrogens is 462 g/mol. The molecule has 2 aromatic carbocycles. The molecule has 33 heavy (non-hydrogen) atoms. The van der Waals surface area contributed by atoms with Gasteiger partial charge in [-0.3, -0.25) is 9.59 Å². The standard InChI is InChI=1S/C23H27N3O5S2/c1-15-5-8-18(11-16(15)2)25-23(28)19-13-32-14-26(19)22(27)10-7-17-6-9-20(31-4)21(12-17)33(29,30)24-3/h5-12,19,24H,13-14H2,1-4H3,(H,25,28)/b10-7+. The Hall–Kier alpha value is -2.82. The minimum atomic E-state index is -3.73. The summed E-state index contributed by atoms with van der Waals surface area (Å²) in [6, 6.07) is 9.70. The van der Waals surface area contributed by atoms with Crippen LogP contribution in [0.5, 0.6) is 5.75 Å². The molecular formula is C23H27N3O5S2. The number of anilines is 1. The number of nitrogens with one attached hydrogen (secondary N) is 2. The average molecular weight is 490 g/mol. The highest BCUT2D eigenvalue weighted by Gasteiger charge is 2.33. The smallest absolute Gasteiger partial charge is 0.248 e. The highest BCUT2D eigenvalue weighted by Crippen LogP contribution is 2.26. The zero-order chi connectivity index (χ0) is 24.2. The van der Waals surface area contributed by atoms with Crippen molar-refractivity contribution < 1.29 is 22.7 Å². The zero-order valence-corrected chi connectivity index (χ0v) is 20.5. The first-order valence-electron chi connectivity index (χ1n) is 10.2. The molecule has 1 aliphatic heterocycles. The van der Waals surface area contributed by atoms with E-state index >= 15 is 0 Å². The molecule has 8 nitrogen and oxygen atoms in total. The van der Waals surface area contributed by atoms with E-state index in [-0.39, 0.29) is 22.5 Å². The third-order valence-corrected chi connectivity index (χ3v) is 7.85. The lowest BCUT2D eigenvalue weighted by atomic mass is 10.1. The summed E-state index contributed by atoms with van der Waals surface area (Å²) in [5, 5.41) is 2.90. The molecule has 1 atom stereocenters. The van der Waals surface area contributed by atoms with Crippen molar-refractivity contribution in [2.75, 3.05) is 31.1 Å². The lowest BCUT2D eigenvalue weighted by Gasteiger charge is -2.22. The van der Waals surface area contributed by atoms with Crippen LogP contribution in [0.1, 0.15) is 16.7 Å².